The first kappa shape index (κ1) is 15.6. The van der Waals surface area contributed by atoms with Crippen molar-refractivity contribution in [2.75, 3.05) is 32.8 Å². The Balaban J connectivity index is 2.28. The molecule has 0 saturated carbocycles. The molecular weight excluding hydrogens is 294 g/mol. The highest BCUT2D eigenvalue weighted by Gasteiger charge is 2.34. The lowest BCUT2D eigenvalue weighted by Crippen LogP contribution is -2.38. The number of carbonyl (C=O) groups excluding carboxylic acids is 1. The van der Waals surface area contributed by atoms with Crippen molar-refractivity contribution in [2.45, 2.75) is 12.5 Å². The maximum Gasteiger partial charge on any atom is 0.257 e. The van der Waals surface area contributed by atoms with Crippen LogP contribution in [-0.4, -0.2) is 58.0 Å². The minimum atomic E-state index is -3.03. The molecule has 7 heteroatoms. The number of carbonyl (C=O) groups is 1. The first-order valence-electron chi connectivity index (χ1n) is 6.58. The van der Waals surface area contributed by atoms with Gasteiger partial charge in [0.05, 0.1) is 31.3 Å². The molecule has 0 radical (unpaired) electrons. The van der Waals surface area contributed by atoms with E-state index in [2.05, 4.69) is 0 Å². The summed E-state index contributed by atoms with van der Waals surface area (Å²) in [5.41, 5.74) is 0.364. The Kier molecular flexibility index (Phi) is 4.41. The van der Waals surface area contributed by atoms with E-state index < -0.39 is 9.84 Å². The van der Waals surface area contributed by atoms with E-state index in [1.165, 1.54) is 19.1 Å². The van der Waals surface area contributed by atoms with Crippen molar-refractivity contribution in [2.24, 2.45) is 0 Å². The maximum atomic E-state index is 12.6. The van der Waals surface area contributed by atoms with Crippen molar-refractivity contribution in [1.29, 1.82) is 0 Å². The van der Waals surface area contributed by atoms with Crippen molar-refractivity contribution < 1.29 is 22.7 Å². The number of methoxy groups -OCH3 is 2. The largest absolute Gasteiger partial charge is 0.493 e. The topological polar surface area (TPSA) is 72.9 Å². The number of ether oxygens (including phenoxy) is 2. The fourth-order valence-electron chi connectivity index (χ4n) is 2.49. The second-order valence-electron chi connectivity index (χ2n) is 5.01. The second-order valence-corrected chi connectivity index (χ2v) is 7.24. The zero-order chi connectivity index (χ0) is 15.6. The molecule has 1 aromatic carbocycles. The third-order valence-electron chi connectivity index (χ3n) is 3.71. The average molecular weight is 313 g/mol. The number of nitrogens with zero attached hydrogens (tertiary/aromatic N) is 1. The van der Waals surface area contributed by atoms with Crippen LogP contribution in [0.25, 0.3) is 0 Å². The van der Waals surface area contributed by atoms with Crippen LogP contribution in [0.3, 0.4) is 0 Å². The van der Waals surface area contributed by atoms with Gasteiger partial charge in [0.15, 0.2) is 21.3 Å². The van der Waals surface area contributed by atoms with Crippen molar-refractivity contribution >= 4 is 15.7 Å². The fourth-order valence-corrected chi connectivity index (χ4v) is 4.27. The monoisotopic (exact) mass is 313 g/mol. The standard InChI is InChI=1S/C14H19NO5S/c1-15(10-7-8-21(17,18)9-10)14(16)11-5-4-6-12(19-2)13(11)20-3/h4-6,10H,7-9H2,1-3H3/t10-/m1/s1. The molecule has 1 saturated heterocycles. The summed E-state index contributed by atoms with van der Waals surface area (Å²) in [7, 11) is 1.55. The van der Waals surface area contributed by atoms with Gasteiger partial charge in [-0.1, -0.05) is 6.07 Å². The van der Waals surface area contributed by atoms with Crippen LogP contribution in [0, 0.1) is 0 Å². The van der Waals surface area contributed by atoms with Gasteiger partial charge in [-0.2, -0.15) is 0 Å². The van der Waals surface area contributed by atoms with Crippen LogP contribution in [0.15, 0.2) is 18.2 Å². The molecule has 2 rings (SSSR count). The van der Waals surface area contributed by atoms with Gasteiger partial charge in [0, 0.05) is 13.1 Å². The summed E-state index contributed by atoms with van der Waals surface area (Å²) in [6.07, 6.45) is 0.469. The van der Waals surface area contributed by atoms with Gasteiger partial charge in [0.2, 0.25) is 0 Å². The molecule has 0 bridgehead atoms. The van der Waals surface area contributed by atoms with Gasteiger partial charge >= 0.3 is 0 Å². The molecule has 1 heterocycles. The molecule has 1 aromatic rings. The van der Waals surface area contributed by atoms with Crippen LogP contribution in [0.1, 0.15) is 16.8 Å². The number of amides is 1. The van der Waals surface area contributed by atoms with E-state index in [9.17, 15) is 13.2 Å². The highest BCUT2D eigenvalue weighted by molar-refractivity contribution is 7.91. The lowest BCUT2D eigenvalue weighted by molar-refractivity contribution is 0.0743. The highest BCUT2D eigenvalue weighted by atomic mass is 32.2. The molecule has 0 unspecified atom stereocenters. The van der Waals surface area contributed by atoms with E-state index in [1.807, 2.05) is 0 Å². The first-order chi connectivity index (χ1) is 9.89. The Labute approximate surface area is 124 Å². The Morgan fingerprint density at radius 3 is 2.52 bits per heavy atom. The van der Waals surface area contributed by atoms with Gasteiger partial charge in [0.1, 0.15) is 0 Å². The zero-order valence-corrected chi connectivity index (χ0v) is 13.1. The number of hydrogen-bond donors (Lipinski definition) is 0. The van der Waals surface area contributed by atoms with Gasteiger partial charge in [-0.3, -0.25) is 4.79 Å². The molecule has 1 aliphatic heterocycles. The normalized spacial score (nSPS) is 20.0. The minimum Gasteiger partial charge on any atom is -0.493 e. The second kappa shape index (κ2) is 5.93. The highest BCUT2D eigenvalue weighted by Crippen LogP contribution is 2.32. The van der Waals surface area contributed by atoms with Crippen LogP contribution in [0.2, 0.25) is 0 Å². The lowest BCUT2D eigenvalue weighted by atomic mass is 10.1. The summed E-state index contributed by atoms with van der Waals surface area (Å²) in [6, 6.07) is 4.76. The summed E-state index contributed by atoms with van der Waals surface area (Å²) < 4.78 is 33.5. The number of hydrogen-bond acceptors (Lipinski definition) is 5. The van der Waals surface area contributed by atoms with Crippen LogP contribution >= 0.6 is 0 Å². The average Bonchev–Trinajstić information content (AvgIpc) is 2.84. The smallest absolute Gasteiger partial charge is 0.257 e. The summed E-state index contributed by atoms with van der Waals surface area (Å²) in [5.74, 6) is 0.702. The SMILES string of the molecule is COc1cccc(C(=O)N(C)[C@@H]2CCS(=O)(=O)C2)c1OC. The van der Waals surface area contributed by atoms with Crippen molar-refractivity contribution in [3.8, 4) is 11.5 Å². The third kappa shape index (κ3) is 3.12. The fraction of sp³-hybridized carbons (Fsp3) is 0.500. The molecule has 116 valence electrons. The van der Waals surface area contributed by atoms with Crippen molar-refractivity contribution in [1.82, 2.24) is 4.90 Å². The molecule has 0 spiro atoms. The quantitative estimate of drug-likeness (QED) is 0.828. The van der Waals surface area contributed by atoms with Crippen molar-refractivity contribution in [3.63, 3.8) is 0 Å². The zero-order valence-electron chi connectivity index (χ0n) is 12.3. The predicted octanol–water partition coefficient (Wildman–Crippen LogP) is 0.963. The molecule has 21 heavy (non-hydrogen) atoms. The molecule has 0 aliphatic carbocycles. The molecule has 0 aromatic heterocycles. The number of benzene rings is 1. The Hall–Kier alpha value is -1.76. The first-order valence-corrected chi connectivity index (χ1v) is 8.40. The molecule has 1 aliphatic rings. The number of para-hydroxylation sites is 1. The van der Waals surface area contributed by atoms with Crippen LogP contribution in [0.4, 0.5) is 0 Å². The van der Waals surface area contributed by atoms with E-state index in [4.69, 9.17) is 9.47 Å². The van der Waals surface area contributed by atoms with Gasteiger partial charge in [-0.05, 0) is 18.6 Å². The van der Waals surface area contributed by atoms with Gasteiger partial charge < -0.3 is 14.4 Å². The van der Waals surface area contributed by atoms with Crippen LogP contribution < -0.4 is 9.47 Å². The van der Waals surface area contributed by atoms with Gasteiger partial charge in [-0.25, -0.2) is 8.42 Å². The molecule has 6 nitrogen and oxygen atoms in total. The Morgan fingerprint density at radius 2 is 2.00 bits per heavy atom. The van der Waals surface area contributed by atoms with E-state index in [0.717, 1.165) is 0 Å². The summed E-state index contributed by atoms with van der Waals surface area (Å²) in [4.78, 5) is 14.1. The van der Waals surface area contributed by atoms with Crippen molar-refractivity contribution in [3.05, 3.63) is 23.8 Å². The van der Waals surface area contributed by atoms with Crippen LogP contribution in [0.5, 0.6) is 11.5 Å². The Morgan fingerprint density at radius 1 is 1.29 bits per heavy atom. The lowest BCUT2D eigenvalue weighted by Gasteiger charge is -2.24. The van der Waals surface area contributed by atoms with E-state index in [1.54, 1.807) is 25.2 Å². The number of sulfone groups is 1. The Bertz CT molecular complexity index is 641. The summed E-state index contributed by atoms with van der Waals surface area (Å²) >= 11 is 0. The van der Waals surface area contributed by atoms with E-state index in [-0.39, 0.29) is 23.5 Å². The summed E-state index contributed by atoms with van der Waals surface area (Å²) in [5, 5.41) is 0. The molecule has 1 amide bonds. The van der Waals surface area contributed by atoms with Gasteiger partial charge in [-0.15, -0.1) is 0 Å². The number of rotatable bonds is 4. The van der Waals surface area contributed by atoms with E-state index >= 15 is 0 Å². The maximum absolute atomic E-state index is 12.6. The molecule has 1 fully saturated rings. The van der Waals surface area contributed by atoms with Gasteiger partial charge in [0.25, 0.3) is 5.91 Å². The summed E-state index contributed by atoms with van der Waals surface area (Å²) in [6.45, 7) is 0. The molecule has 1 atom stereocenters. The predicted molar refractivity (Wildman–Crippen MR) is 78.7 cm³/mol. The van der Waals surface area contributed by atoms with Crippen LogP contribution in [-0.2, 0) is 9.84 Å². The third-order valence-corrected chi connectivity index (χ3v) is 5.46. The minimum absolute atomic E-state index is 0.0154. The molecule has 0 N–H and O–H groups in total. The van der Waals surface area contributed by atoms with E-state index in [0.29, 0.717) is 23.5 Å². The molecular formula is C14H19NO5S.